The van der Waals surface area contributed by atoms with Gasteiger partial charge in [-0.2, -0.15) is 0 Å². The summed E-state index contributed by atoms with van der Waals surface area (Å²) in [7, 11) is 0. The number of likely N-dealkylation sites (tertiary alicyclic amines) is 1. The minimum absolute atomic E-state index is 0.0330. The van der Waals surface area contributed by atoms with Gasteiger partial charge < -0.3 is 20.3 Å². The topological polar surface area (TPSA) is 116 Å². The van der Waals surface area contributed by atoms with Crippen LogP contribution in [0.2, 0.25) is 0 Å². The number of rotatable bonds is 9. The lowest BCUT2D eigenvalue weighted by molar-refractivity contribution is -0.131. The van der Waals surface area contributed by atoms with Gasteiger partial charge in [-0.25, -0.2) is 5.48 Å². The summed E-state index contributed by atoms with van der Waals surface area (Å²) >= 11 is 0. The predicted octanol–water partition coefficient (Wildman–Crippen LogP) is 3.33. The zero-order valence-electron chi connectivity index (χ0n) is 22.4. The summed E-state index contributed by atoms with van der Waals surface area (Å²) in [6, 6.07) is 17.6. The summed E-state index contributed by atoms with van der Waals surface area (Å²) in [5.41, 5.74) is 4.45. The molecule has 0 aliphatic carbocycles. The van der Waals surface area contributed by atoms with E-state index in [-0.39, 0.29) is 12.3 Å². The number of hydrogen-bond donors (Lipinski definition) is 4. The molecule has 206 valence electrons. The van der Waals surface area contributed by atoms with Crippen LogP contribution < -0.4 is 20.9 Å². The van der Waals surface area contributed by atoms with Crippen LogP contribution in [0.4, 0.5) is 0 Å². The summed E-state index contributed by atoms with van der Waals surface area (Å²) in [4.78, 5) is 32.4. The van der Waals surface area contributed by atoms with E-state index in [1.807, 2.05) is 37.3 Å². The van der Waals surface area contributed by atoms with Gasteiger partial charge in [-0.1, -0.05) is 18.2 Å². The van der Waals surface area contributed by atoms with E-state index in [1.165, 1.54) is 12.8 Å². The van der Waals surface area contributed by atoms with Crippen LogP contribution in [0.5, 0.6) is 5.75 Å². The van der Waals surface area contributed by atoms with Crippen molar-refractivity contribution in [2.24, 2.45) is 0 Å². The van der Waals surface area contributed by atoms with Gasteiger partial charge in [0, 0.05) is 47.9 Å². The molecule has 4 N–H and O–H groups in total. The quantitative estimate of drug-likeness (QED) is 0.247. The zero-order valence-corrected chi connectivity index (χ0v) is 22.4. The molecule has 3 aromatic rings. The van der Waals surface area contributed by atoms with E-state index in [1.54, 1.807) is 29.7 Å². The fraction of sp³-hybridized carbons (Fsp3) is 0.433. The van der Waals surface area contributed by atoms with Crippen LogP contribution >= 0.6 is 0 Å². The lowest BCUT2D eigenvalue weighted by Crippen LogP contribution is -2.58. The molecule has 2 aliphatic heterocycles. The van der Waals surface area contributed by atoms with Gasteiger partial charge in [-0.05, 0) is 75.5 Å². The summed E-state index contributed by atoms with van der Waals surface area (Å²) in [5.74, 6) is -0.0777. The third-order valence-corrected chi connectivity index (χ3v) is 7.90. The number of carbonyl (C=O) groups excluding carboxylic acids is 2. The van der Waals surface area contributed by atoms with Crippen LogP contribution in [0.15, 0.2) is 54.6 Å². The highest BCUT2D eigenvalue weighted by Gasteiger charge is 2.38. The van der Waals surface area contributed by atoms with Crippen molar-refractivity contribution >= 4 is 22.7 Å². The van der Waals surface area contributed by atoms with Crippen molar-refractivity contribution in [2.75, 3.05) is 26.2 Å². The van der Waals surface area contributed by atoms with Gasteiger partial charge in [0.1, 0.15) is 12.4 Å². The number of ether oxygens (including phenoxy) is 1. The Morgan fingerprint density at radius 2 is 1.92 bits per heavy atom. The Bertz CT molecular complexity index is 1300. The number of nitrogens with zero attached hydrogens (tertiary/aromatic N) is 2. The van der Waals surface area contributed by atoms with Crippen molar-refractivity contribution in [1.29, 1.82) is 0 Å². The fourth-order valence-electron chi connectivity index (χ4n) is 5.77. The van der Waals surface area contributed by atoms with E-state index in [0.717, 1.165) is 48.3 Å². The molecule has 0 bridgehead atoms. The van der Waals surface area contributed by atoms with E-state index >= 15 is 0 Å². The fourth-order valence-corrected chi connectivity index (χ4v) is 5.77. The molecule has 0 saturated carbocycles. The highest BCUT2D eigenvalue weighted by atomic mass is 16.5. The first-order valence-electron chi connectivity index (χ1n) is 13.7. The second-order valence-electron chi connectivity index (χ2n) is 10.8. The maximum atomic E-state index is 13.2. The molecule has 39 heavy (non-hydrogen) atoms. The molecule has 3 heterocycles. The summed E-state index contributed by atoms with van der Waals surface area (Å²) < 4.78 is 6.04. The third kappa shape index (κ3) is 6.73. The van der Waals surface area contributed by atoms with Crippen molar-refractivity contribution in [3.05, 3.63) is 71.4 Å². The van der Waals surface area contributed by atoms with Gasteiger partial charge in [0.05, 0.1) is 17.5 Å². The largest absolute Gasteiger partial charge is 0.489 e. The minimum atomic E-state index is -0.709. The first-order valence-corrected chi connectivity index (χ1v) is 13.7. The molecule has 2 fully saturated rings. The highest BCUT2D eigenvalue weighted by molar-refractivity contribution is 5.95. The van der Waals surface area contributed by atoms with Crippen LogP contribution in [-0.2, 0) is 11.4 Å². The number of hydroxylamine groups is 1. The summed E-state index contributed by atoms with van der Waals surface area (Å²) in [6.45, 7) is 5.98. The second kappa shape index (κ2) is 12.1. The van der Waals surface area contributed by atoms with E-state index in [9.17, 15) is 9.59 Å². The van der Waals surface area contributed by atoms with Crippen molar-refractivity contribution in [3.63, 3.8) is 0 Å². The molecule has 2 saturated heterocycles. The molecule has 1 aromatic heterocycles. The Balaban J connectivity index is 1.21. The van der Waals surface area contributed by atoms with Crippen LogP contribution in [0.25, 0.3) is 10.9 Å². The molecular weight excluding hydrogens is 494 g/mol. The van der Waals surface area contributed by atoms with E-state index in [4.69, 9.17) is 9.94 Å². The van der Waals surface area contributed by atoms with E-state index < -0.39 is 11.4 Å². The first-order chi connectivity index (χ1) is 18.9. The van der Waals surface area contributed by atoms with Gasteiger partial charge in [0.25, 0.3) is 5.91 Å². The molecule has 9 heteroatoms. The minimum Gasteiger partial charge on any atom is -0.489 e. The number of nitrogens with one attached hydrogen (secondary N) is 3. The maximum absolute atomic E-state index is 13.2. The normalized spacial score (nSPS) is 19.1. The second-order valence-corrected chi connectivity index (χ2v) is 10.8. The highest BCUT2D eigenvalue weighted by Crippen LogP contribution is 2.28. The number of hydrogen-bond acceptors (Lipinski definition) is 7. The Morgan fingerprint density at radius 3 is 2.64 bits per heavy atom. The van der Waals surface area contributed by atoms with Gasteiger partial charge in [0.2, 0.25) is 5.91 Å². The number of aromatic nitrogens is 1. The first kappa shape index (κ1) is 27.1. The van der Waals surface area contributed by atoms with Gasteiger partial charge >= 0.3 is 0 Å². The third-order valence-electron chi connectivity index (χ3n) is 7.90. The number of carbonyl (C=O) groups is 2. The molecule has 2 amide bonds. The van der Waals surface area contributed by atoms with E-state index in [2.05, 4.69) is 20.5 Å². The Hall–Kier alpha value is -3.53. The number of fused-ring (bicyclic) bond motifs is 1. The summed E-state index contributed by atoms with van der Waals surface area (Å²) in [5, 5.41) is 16.9. The zero-order chi connectivity index (χ0) is 27.2. The lowest BCUT2D eigenvalue weighted by Gasteiger charge is -2.42. The Labute approximate surface area is 228 Å². The molecule has 5 rings (SSSR count). The molecule has 2 aliphatic rings. The van der Waals surface area contributed by atoms with Gasteiger partial charge in [0.15, 0.2) is 0 Å². The number of benzene rings is 2. The lowest BCUT2D eigenvalue weighted by atomic mass is 9.83. The average Bonchev–Trinajstić information content (AvgIpc) is 3.46. The van der Waals surface area contributed by atoms with Crippen LogP contribution in [-0.4, -0.2) is 64.7 Å². The van der Waals surface area contributed by atoms with Crippen molar-refractivity contribution in [1.82, 2.24) is 26.0 Å². The number of pyridine rings is 1. The van der Waals surface area contributed by atoms with Crippen molar-refractivity contribution < 1.29 is 19.5 Å². The van der Waals surface area contributed by atoms with Crippen LogP contribution in [0.3, 0.4) is 0 Å². The monoisotopic (exact) mass is 531 g/mol. The molecule has 0 radical (unpaired) electrons. The smallest absolute Gasteiger partial charge is 0.251 e. The molecule has 1 atom stereocenters. The predicted molar refractivity (Wildman–Crippen MR) is 149 cm³/mol. The number of amides is 2. The van der Waals surface area contributed by atoms with Crippen LogP contribution in [0, 0.1) is 6.92 Å². The maximum Gasteiger partial charge on any atom is 0.251 e. The van der Waals surface area contributed by atoms with Crippen LogP contribution in [0.1, 0.15) is 53.7 Å². The molecule has 2 aromatic carbocycles. The van der Waals surface area contributed by atoms with Crippen molar-refractivity contribution in [2.45, 2.75) is 57.2 Å². The Morgan fingerprint density at radius 1 is 1.15 bits per heavy atom. The molecular formula is C30H37N5O4. The van der Waals surface area contributed by atoms with E-state index in [0.29, 0.717) is 36.8 Å². The standard InChI is InChI=1S/C30H37N5O4/c1-21-17-23(26-6-2-3-7-27(26)32-21)20-39-25-10-8-22(9-11-25)29(37)33-30(18-28(36)34-38)12-15-35(16-13-30)19-24-5-4-14-31-24/h2-3,6-11,17,24,31,38H,4-5,12-16,18-20H2,1H3,(H,33,37)(H,34,36). The Kier molecular flexibility index (Phi) is 8.40. The molecule has 0 spiro atoms. The van der Waals surface area contributed by atoms with Crippen molar-refractivity contribution in [3.8, 4) is 5.75 Å². The summed E-state index contributed by atoms with van der Waals surface area (Å²) in [6.07, 6.45) is 3.70. The number of para-hydroxylation sites is 1. The number of aryl methyl sites for hydroxylation is 1. The number of piperidine rings is 1. The van der Waals surface area contributed by atoms with Gasteiger partial charge in [-0.15, -0.1) is 0 Å². The SMILES string of the molecule is Cc1cc(COc2ccc(C(=O)NC3(CC(=O)NO)CCN(CC4CCCN4)CC3)cc2)c2ccccc2n1. The average molecular weight is 532 g/mol. The van der Waals surface area contributed by atoms with Gasteiger partial charge in [-0.3, -0.25) is 19.8 Å². The molecule has 9 nitrogen and oxygen atoms in total. The molecule has 1 unspecified atom stereocenters.